The van der Waals surface area contributed by atoms with Crippen molar-refractivity contribution in [3.8, 4) is 32.3 Å². The molecule has 0 aliphatic rings. The Bertz CT molecular complexity index is 2890. The molecule has 2 nitrogen and oxygen atoms in total. The highest BCUT2D eigenvalue weighted by Crippen LogP contribution is 2.39. The summed E-state index contributed by atoms with van der Waals surface area (Å²) in [6.07, 6.45) is 3.22. The first-order chi connectivity index (χ1) is 25.9. The van der Waals surface area contributed by atoms with Crippen LogP contribution in [0, 0.1) is 29.6 Å². The van der Waals surface area contributed by atoms with E-state index in [1.54, 1.807) is 28.7 Å². The first kappa shape index (κ1) is 33.8. The number of allylic oxidation sites excluding steroid dienone is 1. The summed E-state index contributed by atoms with van der Waals surface area (Å²) in [5, 5.41) is 25.6. The first-order valence-electron chi connectivity index (χ1n) is 17.5. The summed E-state index contributed by atoms with van der Waals surface area (Å²) in [5.41, 5.74) is 8.86. The lowest BCUT2D eigenvalue weighted by Gasteiger charge is -2.16. The summed E-state index contributed by atoms with van der Waals surface area (Å²) in [5.74, 6) is 0. The Labute approximate surface area is 317 Å². The fourth-order valence-corrected chi connectivity index (χ4v) is 9.09. The number of fused-ring (bicyclic) bond motifs is 2. The molecule has 0 saturated carbocycles. The van der Waals surface area contributed by atoms with Gasteiger partial charge in [0.2, 0.25) is 0 Å². The average molecular weight is 715 g/mol. The maximum absolute atomic E-state index is 9.21. The SMILES string of the molecule is C=c1cc(C)cc/c1=C(/Cc1ccc(-c2ccc(-c3ccc(C=C(C#N)C#N)s3)s2)cc1Cc1ccc2ccccc2c1)c1ccc2ccccc2c1. The van der Waals surface area contributed by atoms with Crippen LogP contribution in [0.3, 0.4) is 0 Å². The van der Waals surface area contributed by atoms with Gasteiger partial charge < -0.3 is 0 Å². The van der Waals surface area contributed by atoms with Crippen LogP contribution in [0.15, 0.2) is 151 Å². The zero-order chi connectivity index (χ0) is 36.3. The summed E-state index contributed by atoms with van der Waals surface area (Å²) in [7, 11) is 0. The lowest BCUT2D eigenvalue weighted by atomic mass is 9.88. The Hall–Kier alpha value is -6.30. The fourth-order valence-electron chi connectivity index (χ4n) is 7.04. The lowest BCUT2D eigenvalue weighted by Crippen LogP contribution is -2.27. The van der Waals surface area contributed by atoms with Crippen molar-refractivity contribution in [3.05, 3.63) is 194 Å². The summed E-state index contributed by atoms with van der Waals surface area (Å²) in [4.78, 5) is 4.37. The maximum Gasteiger partial charge on any atom is 0.131 e. The van der Waals surface area contributed by atoms with Gasteiger partial charge in [0.1, 0.15) is 17.7 Å². The van der Waals surface area contributed by atoms with Crippen molar-refractivity contribution in [3.63, 3.8) is 0 Å². The third-order valence-corrected chi connectivity index (χ3v) is 12.1. The Balaban J connectivity index is 1.23. The fraction of sp³-hybridized carbons (Fsp3) is 0.0612. The molecule has 0 bridgehead atoms. The smallest absolute Gasteiger partial charge is 0.131 e. The minimum atomic E-state index is 0.110. The molecule has 0 N–H and O–H groups in total. The van der Waals surface area contributed by atoms with E-state index in [1.165, 1.54) is 70.6 Å². The van der Waals surface area contributed by atoms with Gasteiger partial charge in [-0.25, -0.2) is 0 Å². The summed E-state index contributed by atoms with van der Waals surface area (Å²) < 4.78 is 0. The van der Waals surface area contributed by atoms with E-state index < -0.39 is 0 Å². The van der Waals surface area contributed by atoms with Crippen LogP contribution in [0.25, 0.3) is 60.0 Å². The Kier molecular flexibility index (Phi) is 9.41. The van der Waals surface area contributed by atoms with Gasteiger partial charge in [0.25, 0.3) is 0 Å². The van der Waals surface area contributed by atoms with Crippen molar-refractivity contribution >= 4 is 62.4 Å². The van der Waals surface area contributed by atoms with Gasteiger partial charge >= 0.3 is 0 Å². The van der Waals surface area contributed by atoms with Gasteiger partial charge in [0.15, 0.2) is 0 Å². The number of nitrogens with zero attached hydrogens (tertiary/aromatic N) is 2. The molecule has 0 aliphatic heterocycles. The Morgan fingerprint density at radius 3 is 2.06 bits per heavy atom. The molecule has 0 spiro atoms. The molecule has 252 valence electrons. The van der Waals surface area contributed by atoms with Crippen molar-refractivity contribution in [2.75, 3.05) is 0 Å². The molecule has 2 aromatic heterocycles. The molecule has 0 unspecified atom stereocenters. The predicted octanol–water partition coefficient (Wildman–Crippen LogP) is 11.6. The highest BCUT2D eigenvalue weighted by atomic mass is 32.1. The summed E-state index contributed by atoms with van der Waals surface area (Å²) in [6.45, 7) is 6.63. The average Bonchev–Trinajstić information content (AvgIpc) is 3.87. The molecule has 0 aliphatic carbocycles. The summed E-state index contributed by atoms with van der Waals surface area (Å²) >= 11 is 3.35. The van der Waals surface area contributed by atoms with Crippen LogP contribution in [0.2, 0.25) is 0 Å². The first-order valence-corrected chi connectivity index (χ1v) is 19.2. The van der Waals surface area contributed by atoms with Crippen LogP contribution in [-0.4, -0.2) is 0 Å². The highest BCUT2D eigenvalue weighted by molar-refractivity contribution is 7.24. The Morgan fingerprint density at radius 2 is 1.30 bits per heavy atom. The predicted molar refractivity (Wildman–Crippen MR) is 225 cm³/mol. The van der Waals surface area contributed by atoms with Crippen LogP contribution in [0.1, 0.15) is 32.7 Å². The van der Waals surface area contributed by atoms with Crippen LogP contribution in [0.5, 0.6) is 0 Å². The summed E-state index contributed by atoms with van der Waals surface area (Å²) in [6, 6.07) is 56.6. The lowest BCUT2D eigenvalue weighted by molar-refractivity contribution is 1.12. The monoisotopic (exact) mass is 714 g/mol. The Morgan fingerprint density at radius 1 is 0.623 bits per heavy atom. The van der Waals surface area contributed by atoms with Gasteiger partial charge in [0.05, 0.1) is 0 Å². The number of nitriles is 2. The van der Waals surface area contributed by atoms with Crippen LogP contribution >= 0.6 is 22.7 Å². The molecule has 0 saturated heterocycles. The van der Waals surface area contributed by atoms with E-state index in [0.29, 0.717) is 0 Å². The zero-order valence-corrected chi connectivity index (χ0v) is 30.9. The molecule has 0 fully saturated rings. The molecule has 4 heteroatoms. The third-order valence-electron chi connectivity index (χ3n) is 9.75. The van der Waals surface area contributed by atoms with E-state index in [1.807, 2.05) is 18.2 Å². The van der Waals surface area contributed by atoms with Crippen molar-refractivity contribution in [2.24, 2.45) is 0 Å². The van der Waals surface area contributed by atoms with E-state index in [4.69, 9.17) is 0 Å². The van der Waals surface area contributed by atoms with Crippen molar-refractivity contribution in [1.29, 1.82) is 10.5 Å². The molecule has 8 rings (SSSR count). The number of hydrogen-bond acceptors (Lipinski definition) is 4. The molecule has 6 aromatic carbocycles. The van der Waals surface area contributed by atoms with E-state index in [-0.39, 0.29) is 5.57 Å². The number of aryl methyl sites for hydroxylation is 1. The van der Waals surface area contributed by atoms with Gasteiger partial charge in [-0.1, -0.05) is 121 Å². The van der Waals surface area contributed by atoms with Crippen molar-refractivity contribution < 1.29 is 0 Å². The maximum atomic E-state index is 9.21. The van der Waals surface area contributed by atoms with Gasteiger partial charge in [0, 0.05) is 19.5 Å². The van der Waals surface area contributed by atoms with E-state index in [9.17, 15) is 10.5 Å². The minimum Gasteiger partial charge on any atom is -0.192 e. The van der Waals surface area contributed by atoms with Gasteiger partial charge in [-0.2, -0.15) is 10.5 Å². The van der Waals surface area contributed by atoms with Crippen LogP contribution < -0.4 is 10.4 Å². The largest absolute Gasteiger partial charge is 0.192 e. The van der Waals surface area contributed by atoms with Gasteiger partial charge in [-0.05, 0) is 128 Å². The minimum absolute atomic E-state index is 0.110. The van der Waals surface area contributed by atoms with Crippen LogP contribution in [-0.2, 0) is 12.8 Å². The second kappa shape index (κ2) is 14.7. The van der Waals surface area contributed by atoms with Gasteiger partial charge in [-0.3, -0.25) is 0 Å². The normalized spacial score (nSPS) is 11.6. The third kappa shape index (κ3) is 7.25. The standard InChI is InChI=1S/C49H34N2S2/c1-32-11-19-45(33(2)23-32)46(41-16-14-37-8-4-6-10-39(37)27-41)29-40-15-17-42(28-43(40)25-34-12-13-36-7-3-5-9-38(36)24-34)47-21-22-49(53-47)48-20-18-44(52-48)26-35(30-50)31-51/h3-24,26-28H,2,25,29H2,1H3/b46-45+. The van der Waals surface area contributed by atoms with E-state index in [2.05, 4.69) is 153 Å². The number of thiophene rings is 2. The zero-order valence-electron chi connectivity index (χ0n) is 29.3. The quantitative estimate of drug-likeness (QED) is 0.147. The van der Waals surface area contributed by atoms with E-state index in [0.717, 1.165) is 32.7 Å². The van der Waals surface area contributed by atoms with Crippen molar-refractivity contribution in [2.45, 2.75) is 19.8 Å². The number of rotatable bonds is 8. The van der Waals surface area contributed by atoms with Gasteiger partial charge in [-0.15, -0.1) is 22.7 Å². The molecular weight excluding hydrogens is 681 g/mol. The van der Waals surface area contributed by atoms with Crippen molar-refractivity contribution in [1.82, 2.24) is 0 Å². The second-order valence-corrected chi connectivity index (χ2v) is 15.6. The number of benzene rings is 6. The number of hydrogen-bond donors (Lipinski definition) is 0. The molecule has 0 amide bonds. The molecule has 8 aromatic rings. The topological polar surface area (TPSA) is 47.6 Å². The van der Waals surface area contributed by atoms with E-state index >= 15 is 0 Å². The molecular formula is C49H34N2S2. The molecule has 2 heterocycles. The highest BCUT2D eigenvalue weighted by Gasteiger charge is 2.15. The molecule has 0 radical (unpaired) electrons. The molecule has 53 heavy (non-hydrogen) atoms. The molecule has 0 atom stereocenters. The second-order valence-electron chi connectivity index (χ2n) is 13.4. The van der Waals surface area contributed by atoms with Crippen LogP contribution in [0.4, 0.5) is 0 Å².